The van der Waals surface area contributed by atoms with Crippen LogP contribution in [0.15, 0.2) is 36.5 Å². The number of carbonyl (C=O) groups excluding carboxylic acids is 2. The predicted molar refractivity (Wildman–Crippen MR) is 149 cm³/mol. The van der Waals surface area contributed by atoms with Crippen molar-refractivity contribution < 1.29 is 28.0 Å². The van der Waals surface area contributed by atoms with Gasteiger partial charge in [-0.25, -0.2) is 14.2 Å². The minimum atomic E-state index is -0.902. The number of hydrogen-bond acceptors (Lipinski definition) is 6. The Morgan fingerprint density at radius 3 is 2.44 bits per heavy atom. The first-order valence-electron chi connectivity index (χ1n) is 13.2. The van der Waals surface area contributed by atoms with Crippen LogP contribution in [0.1, 0.15) is 71.7 Å². The van der Waals surface area contributed by atoms with Gasteiger partial charge in [-0.05, 0) is 85.6 Å². The number of anilines is 1. The van der Waals surface area contributed by atoms with Crippen molar-refractivity contribution in [2.75, 3.05) is 18.0 Å². The second-order valence-electron chi connectivity index (χ2n) is 12.0. The highest BCUT2D eigenvalue weighted by Gasteiger charge is 2.52. The van der Waals surface area contributed by atoms with E-state index in [1.54, 1.807) is 43.9 Å². The van der Waals surface area contributed by atoms with Gasteiger partial charge in [-0.3, -0.25) is 9.69 Å². The van der Waals surface area contributed by atoms with Crippen LogP contribution in [0.2, 0.25) is 5.02 Å². The van der Waals surface area contributed by atoms with E-state index in [-0.39, 0.29) is 28.4 Å². The molecule has 4 rings (SSSR count). The number of hydrogen-bond donors (Lipinski definition) is 0. The van der Waals surface area contributed by atoms with Crippen LogP contribution >= 0.6 is 11.6 Å². The lowest BCUT2D eigenvalue weighted by atomic mass is 9.78. The molecule has 0 N–H and O–H groups in total. The third kappa shape index (κ3) is 6.23. The van der Waals surface area contributed by atoms with E-state index >= 15 is 4.39 Å². The monoisotopic (exact) mass is 559 g/mol. The lowest BCUT2D eigenvalue weighted by Crippen LogP contribution is -2.53. The molecule has 2 aliphatic heterocycles. The quantitative estimate of drug-likeness (QED) is 0.478. The standard InChI is InChI=1S/C28H36BClFN3O5/c1-26(2,3)37-25(36)33-15-9-10-19(17-33)34(23-21(30)11-8-14-32-23)24(35)18-12-13-20(22(31)16-18)29-38-27(4,5)28(6,7)39-29/h8,11-14,16,19H,9-10,15,17H2,1-7H3/t19-/m1/s1. The van der Waals surface area contributed by atoms with Crippen molar-refractivity contribution in [2.45, 2.75) is 84.2 Å². The summed E-state index contributed by atoms with van der Waals surface area (Å²) in [6.45, 7) is 13.7. The van der Waals surface area contributed by atoms with Crippen LogP contribution in [-0.4, -0.2) is 64.9 Å². The molecule has 8 nitrogen and oxygen atoms in total. The molecule has 2 aliphatic rings. The van der Waals surface area contributed by atoms with Gasteiger partial charge in [0.15, 0.2) is 5.82 Å². The Kier molecular flexibility index (Phi) is 8.05. The minimum absolute atomic E-state index is 0.115. The van der Waals surface area contributed by atoms with Crippen molar-refractivity contribution in [1.82, 2.24) is 9.88 Å². The average molecular weight is 560 g/mol. The van der Waals surface area contributed by atoms with E-state index in [9.17, 15) is 9.59 Å². The molecule has 1 aromatic heterocycles. The van der Waals surface area contributed by atoms with Crippen LogP contribution in [0.5, 0.6) is 0 Å². The summed E-state index contributed by atoms with van der Waals surface area (Å²) in [6.07, 6.45) is 2.34. The Labute approximate surface area is 234 Å². The van der Waals surface area contributed by atoms with Crippen LogP contribution in [0.4, 0.5) is 15.0 Å². The summed E-state index contributed by atoms with van der Waals surface area (Å²) >= 11 is 6.48. The molecule has 1 aromatic carbocycles. The summed E-state index contributed by atoms with van der Waals surface area (Å²) in [5.41, 5.74) is -1.59. The number of likely N-dealkylation sites (tertiary alicyclic amines) is 1. The van der Waals surface area contributed by atoms with Gasteiger partial charge in [0.1, 0.15) is 11.4 Å². The van der Waals surface area contributed by atoms with Crippen LogP contribution in [0, 0.1) is 5.82 Å². The van der Waals surface area contributed by atoms with Gasteiger partial charge in [0.2, 0.25) is 0 Å². The zero-order valence-corrected chi connectivity index (χ0v) is 24.3. The highest BCUT2D eigenvalue weighted by Crippen LogP contribution is 2.37. The van der Waals surface area contributed by atoms with Gasteiger partial charge in [-0.15, -0.1) is 0 Å². The van der Waals surface area contributed by atoms with Crippen LogP contribution in [-0.2, 0) is 14.0 Å². The number of pyridine rings is 1. The fourth-order valence-electron chi connectivity index (χ4n) is 4.61. The summed E-state index contributed by atoms with van der Waals surface area (Å²) in [6, 6.07) is 7.10. The van der Waals surface area contributed by atoms with Gasteiger partial charge in [0.05, 0.1) is 22.3 Å². The van der Waals surface area contributed by atoms with Crippen molar-refractivity contribution >= 4 is 42.0 Å². The SMILES string of the molecule is CC(C)(C)OC(=O)N1CCC[C@@H](N(C(=O)c2ccc(B3OC(C)(C)C(C)(C)O3)c(F)c2)c2ncccc2Cl)C1. The van der Waals surface area contributed by atoms with Gasteiger partial charge in [-0.1, -0.05) is 17.7 Å². The van der Waals surface area contributed by atoms with Crippen molar-refractivity contribution in [3.8, 4) is 0 Å². The second-order valence-corrected chi connectivity index (χ2v) is 12.4. The molecule has 2 saturated heterocycles. The smallest absolute Gasteiger partial charge is 0.444 e. The van der Waals surface area contributed by atoms with E-state index in [4.69, 9.17) is 25.6 Å². The average Bonchev–Trinajstić information content (AvgIpc) is 3.05. The molecule has 210 valence electrons. The fourth-order valence-corrected chi connectivity index (χ4v) is 4.82. The maximum Gasteiger partial charge on any atom is 0.497 e. The highest BCUT2D eigenvalue weighted by molar-refractivity contribution is 6.62. The summed E-state index contributed by atoms with van der Waals surface area (Å²) in [5, 5.41) is 0.273. The summed E-state index contributed by atoms with van der Waals surface area (Å²) < 4.78 is 33.0. The van der Waals surface area contributed by atoms with E-state index in [0.29, 0.717) is 19.4 Å². The molecule has 0 radical (unpaired) electrons. The number of ether oxygens (including phenoxy) is 1. The molecule has 2 aromatic rings. The van der Waals surface area contributed by atoms with Crippen LogP contribution in [0.25, 0.3) is 0 Å². The largest absolute Gasteiger partial charge is 0.497 e. The topological polar surface area (TPSA) is 81.2 Å². The first-order valence-corrected chi connectivity index (χ1v) is 13.5. The van der Waals surface area contributed by atoms with Crippen molar-refractivity contribution in [2.24, 2.45) is 0 Å². The summed E-state index contributed by atoms with van der Waals surface area (Å²) in [7, 11) is -0.902. The Morgan fingerprint density at radius 2 is 1.85 bits per heavy atom. The number of nitrogens with zero attached hydrogens (tertiary/aromatic N) is 3. The van der Waals surface area contributed by atoms with Crippen molar-refractivity contribution in [1.29, 1.82) is 0 Å². The van der Waals surface area contributed by atoms with Crippen LogP contribution < -0.4 is 10.4 Å². The lowest BCUT2D eigenvalue weighted by Gasteiger charge is -2.39. The van der Waals surface area contributed by atoms with E-state index in [1.165, 1.54) is 23.2 Å². The molecular weight excluding hydrogens is 524 g/mol. The Balaban J connectivity index is 1.64. The molecule has 39 heavy (non-hydrogen) atoms. The number of benzene rings is 1. The maximum atomic E-state index is 15.4. The highest BCUT2D eigenvalue weighted by atomic mass is 35.5. The molecule has 2 fully saturated rings. The summed E-state index contributed by atoms with van der Waals surface area (Å²) in [4.78, 5) is 34.2. The second kappa shape index (κ2) is 10.7. The van der Waals surface area contributed by atoms with Crippen LogP contribution in [0.3, 0.4) is 0 Å². The Bertz CT molecular complexity index is 1240. The predicted octanol–water partition coefficient (Wildman–Crippen LogP) is 5.22. The minimum Gasteiger partial charge on any atom is -0.444 e. The number of rotatable bonds is 4. The Morgan fingerprint density at radius 1 is 1.18 bits per heavy atom. The lowest BCUT2D eigenvalue weighted by molar-refractivity contribution is 0.00578. The van der Waals surface area contributed by atoms with Gasteiger partial charge >= 0.3 is 13.2 Å². The van der Waals surface area contributed by atoms with Gasteiger partial charge in [-0.2, -0.15) is 0 Å². The molecule has 0 aliphatic carbocycles. The van der Waals surface area contributed by atoms with Gasteiger partial charge in [0.25, 0.3) is 5.91 Å². The third-order valence-electron chi connectivity index (χ3n) is 7.35. The molecule has 2 amide bonds. The van der Waals surface area contributed by atoms with Gasteiger partial charge < -0.3 is 18.9 Å². The molecule has 3 heterocycles. The molecule has 0 spiro atoms. The third-order valence-corrected chi connectivity index (χ3v) is 7.65. The zero-order valence-electron chi connectivity index (χ0n) is 23.6. The normalized spacial score (nSPS) is 20.6. The van der Waals surface area contributed by atoms with Crippen molar-refractivity contribution in [3.05, 3.63) is 52.9 Å². The number of carbonyl (C=O) groups is 2. The molecule has 0 unspecified atom stereocenters. The first kappa shape index (κ1) is 29.3. The number of amides is 2. The number of piperidine rings is 1. The molecular formula is C28H36BClFN3O5. The van der Waals surface area contributed by atoms with Gasteiger partial charge in [0, 0.05) is 30.3 Å². The zero-order chi connectivity index (χ0) is 28.8. The van der Waals surface area contributed by atoms with E-state index < -0.39 is 47.8 Å². The number of halogens is 2. The summed E-state index contributed by atoms with van der Waals surface area (Å²) in [5.74, 6) is -0.855. The Hall–Kier alpha value is -2.69. The maximum absolute atomic E-state index is 15.4. The van der Waals surface area contributed by atoms with E-state index in [0.717, 1.165) is 0 Å². The van der Waals surface area contributed by atoms with Crippen molar-refractivity contribution in [3.63, 3.8) is 0 Å². The van der Waals surface area contributed by atoms with E-state index in [2.05, 4.69) is 4.98 Å². The van der Waals surface area contributed by atoms with E-state index in [1.807, 2.05) is 27.7 Å². The number of aromatic nitrogens is 1. The molecule has 0 saturated carbocycles. The fraction of sp³-hybridized carbons (Fsp3) is 0.536. The molecule has 0 bridgehead atoms. The molecule has 1 atom stereocenters. The first-order chi connectivity index (χ1) is 18.1. The molecule has 11 heteroatoms.